The van der Waals surface area contributed by atoms with Crippen LogP contribution < -0.4 is 9.46 Å². The zero-order valence-corrected chi connectivity index (χ0v) is 8.00. The van der Waals surface area contributed by atoms with Gasteiger partial charge in [0.2, 0.25) is 0 Å². The predicted octanol–water partition coefficient (Wildman–Crippen LogP) is 1.63. The molecule has 0 aliphatic carbocycles. The molecule has 0 aromatic heterocycles. The number of nitrogens with one attached hydrogen (secondary N) is 1. The lowest BCUT2D eigenvalue weighted by atomic mass is 10.3. The van der Waals surface area contributed by atoms with Crippen LogP contribution >= 0.6 is 0 Å². The van der Waals surface area contributed by atoms with Gasteiger partial charge in [-0.3, -0.25) is 9.27 Å². The molecule has 0 bridgehead atoms. The van der Waals surface area contributed by atoms with E-state index in [9.17, 15) is 4.21 Å². The second-order valence-corrected chi connectivity index (χ2v) is 2.98. The van der Waals surface area contributed by atoms with Crippen LogP contribution in [0.1, 0.15) is 6.92 Å². The zero-order valence-electron chi connectivity index (χ0n) is 7.19. The summed E-state index contributed by atoms with van der Waals surface area (Å²) in [6.45, 7) is 2.38. The summed E-state index contributed by atoms with van der Waals surface area (Å²) in [6, 6.07) is 6.98. The molecule has 1 rings (SSSR count). The molecule has 1 aromatic carbocycles. The fourth-order valence-electron chi connectivity index (χ4n) is 0.926. The summed E-state index contributed by atoms with van der Waals surface area (Å²) >= 11 is -2.06. The molecule has 0 saturated carbocycles. The van der Waals surface area contributed by atoms with E-state index in [-0.39, 0.29) is 0 Å². The standard InChI is InChI=1S/C8H11NO3S/c1-2-12-8-6-4-3-5-7(8)9-13(10)11/h3-6,9H,2H2,1H3,(H,10,11). The lowest BCUT2D eigenvalue weighted by Crippen LogP contribution is -2.04. The van der Waals surface area contributed by atoms with Gasteiger partial charge in [0, 0.05) is 0 Å². The highest BCUT2D eigenvalue weighted by Gasteiger charge is 2.02. The van der Waals surface area contributed by atoms with Crippen molar-refractivity contribution in [2.45, 2.75) is 6.92 Å². The number of anilines is 1. The molecule has 0 heterocycles. The lowest BCUT2D eigenvalue weighted by Gasteiger charge is -2.08. The third-order valence-corrected chi connectivity index (χ3v) is 1.78. The monoisotopic (exact) mass is 201 g/mol. The molecule has 0 aliphatic rings. The SMILES string of the molecule is CCOc1ccccc1NS(=O)O. The largest absolute Gasteiger partial charge is 0.492 e. The van der Waals surface area contributed by atoms with Gasteiger partial charge in [0.25, 0.3) is 11.3 Å². The van der Waals surface area contributed by atoms with E-state index in [2.05, 4.69) is 4.72 Å². The quantitative estimate of drug-likeness (QED) is 0.728. The number of ether oxygens (including phenoxy) is 1. The van der Waals surface area contributed by atoms with Gasteiger partial charge in [0.1, 0.15) is 5.75 Å². The third-order valence-electron chi connectivity index (χ3n) is 1.38. The Morgan fingerprint density at radius 1 is 1.54 bits per heavy atom. The van der Waals surface area contributed by atoms with Crippen molar-refractivity contribution in [3.63, 3.8) is 0 Å². The Labute approximate surface area is 79.3 Å². The fourth-order valence-corrected chi connectivity index (χ4v) is 1.28. The average molecular weight is 201 g/mol. The van der Waals surface area contributed by atoms with Crippen LogP contribution in [-0.4, -0.2) is 15.4 Å². The fraction of sp³-hybridized carbons (Fsp3) is 0.250. The highest BCUT2D eigenvalue weighted by atomic mass is 32.2. The molecule has 72 valence electrons. The molecule has 5 heteroatoms. The summed E-state index contributed by atoms with van der Waals surface area (Å²) in [6.07, 6.45) is 0. The molecule has 1 aromatic rings. The van der Waals surface area contributed by atoms with Crippen LogP contribution in [-0.2, 0) is 11.3 Å². The van der Waals surface area contributed by atoms with Gasteiger partial charge in [-0.1, -0.05) is 12.1 Å². The van der Waals surface area contributed by atoms with Crippen LogP contribution in [0.3, 0.4) is 0 Å². The van der Waals surface area contributed by atoms with E-state index in [1.165, 1.54) is 0 Å². The highest BCUT2D eigenvalue weighted by molar-refractivity contribution is 7.80. The molecule has 1 unspecified atom stereocenters. The maximum Gasteiger partial charge on any atom is 0.259 e. The summed E-state index contributed by atoms with van der Waals surface area (Å²) in [4.78, 5) is 0. The molecule has 2 N–H and O–H groups in total. The van der Waals surface area contributed by atoms with Gasteiger partial charge in [-0.05, 0) is 19.1 Å². The van der Waals surface area contributed by atoms with E-state index in [1.54, 1.807) is 24.3 Å². The number of rotatable bonds is 4. The first-order chi connectivity index (χ1) is 6.24. The minimum Gasteiger partial charge on any atom is -0.492 e. The molecule has 0 spiro atoms. The second kappa shape index (κ2) is 4.84. The van der Waals surface area contributed by atoms with Crippen LogP contribution in [0.25, 0.3) is 0 Å². The number of hydrogen-bond acceptors (Lipinski definition) is 2. The van der Waals surface area contributed by atoms with E-state index < -0.39 is 11.3 Å². The molecule has 0 saturated heterocycles. The molecule has 1 atom stereocenters. The van der Waals surface area contributed by atoms with E-state index in [0.29, 0.717) is 18.0 Å². The Morgan fingerprint density at radius 2 is 2.23 bits per heavy atom. The zero-order chi connectivity index (χ0) is 9.68. The van der Waals surface area contributed by atoms with Crippen LogP contribution in [0.5, 0.6) is 5.75 Å². The van der Waals surface area contributed by atoms with E-state index >= 15 is 0 Å². The maximum atomic E-state index is 10.5. The molecule has 0 aliphatic heterocycles. The van der Waals surface area contributed by atoms with Crippen molar-refractivity contribution in [2.24, 2.45) is 0 Å². The first-order valence-corrected chi connectivity index (χ1v) is 4.94. The van der Waals surface area contributed by atoms with Crippen LogP contribution in [0.4, 0.5) is 5.69 Å². The number of hydrogen-bond donors (Lipinski definition) is 2. The summed E-state index contributed by atoms with van der Waals surface area (Å²) < 4.78 is 26.7. The van der Waals surface area contributed by atoms with Gasteiger partial charge in [-0.2, -0.15) is 0 Å². The van der Waals surface area contributed by atoms with Gasteiger partial charge >= 0.3 is 0 Å². The van der Waals surface area contributed by atoms with Gasteiger partial charge < -0.3 is 4.74 Å². The predicted molar refractivity (Wildman–Crippen MR) is 52.0 cm³/mol. The van der Waals surface area contributed by atoms with Gasteiger partial charge in [0.05, 0.1) is 12.3 Å². The molecule has 0 amide bonds. The number of para-hydroxylation sites is 2. The van der Waals surface area contributed by atoms with Crippen molar-refractivity contribution in [2.75, 3.05) is 11.3 Å². The molecule has 0 fully saturated rings. The Kier molecular flexibility index (Phi) is 3.72. The maximum absolute atomic E-state index is 10.5. The number of benzene rings is 1. The molecular weight excluding hydrogens is 190 g/mol. The van der Waals surface area contributed by atoms with Crippen LogP contribution in [0.2, 0.25) is 0 Å². The van der Waals surface area contributed by atoms with Crippen molar-refractivity contribution < 1.29 is 13.5 Å². The van der Waals surface area contributed by atoms with Crippen LogP contribution in [0.15, 0.2) is 24.3 Å². The van der Waals surface area contributed by atoms with Crippen molar-refractivity contribution in [1.82, 2.24) is 0 Å². The van der Waals surface area contributed by atoms with Gasteiger partial charge in [-0.25, -0.2) is 4.21 Å². The topological polar surface area (TPSA) is 58.6 Å². The Hall–Kier alpha value is -1.07. The molecule has 13 heavy (non-hydrogen) atoms. The minimum atomic E-state index is -2.06. The van der Waals surface area contributed by atoms with Gasteiger partial charge in [0.15, 0.2) is 0 Å². The third kappa shape index (κ3) is 3.04. The van der Waals surface area contributed by atoms with Crippen molar-refractivity contribution in [3.8, 4) is 5.75 Å². The minimum absolute atomic E-state index is 0.519. The average Bonchev–Trinajstić information content (AvgIpc) is 2.08. The lowest BCUT2D eigenvalue weighted by molar-refractivity contribution is 0.342. The molecular formula is C8H11NO3S. The van der Waals surface area contributed by atoms with Crippen molar-refractivity contribution in [1.29, 1.82) is 0 Å². The second-order valence-electron chi connectivity index (χ2n) is 2.28. The normalized spacial score (nSPS) is 12.2. The van der Waals surface area contributed by atoms with Crippen LogP contribution in [0, 0.1) is 0 Å². The van der Waals surface area contributed by atoms with Crippen molar-refractivity contribution >= 4 is 17.0 Å². The summed E-state index contributed by atoms with van der Waals surface area (Å²) in [5, 5.41) is 0. The molecule has 0 radical (unpaired) electrons. The van der Waals surface area contributed by atoms with E-state index in [4.69, 9.17) is 9.29 Å². The first-order valence-electron chi connectivity index (χ1n) is 3.83. The Bertz CT molecular complexity index is 303. The summed E-state index contributed by atoms with van der Waals surface area (Å²) in [7, 11) is 0. The Morgan fingerprint density at radius 3 is 2.85 bits per heavy atom. The highest BCUT2D eigenvalue weighted by Crippen LogP contribution is 2.23. The summed E-state index contributed by atoms with van der Waals surface area (Å²) in [5.74, 6) is 0.576. The smallest absolute Gasteiger partial charge is 0.259 e. The van der Waals surface area contributed by atoms with Gasteiger partial charge in [-0.15, -0.1) is 0 Å². The first kappa shape index (κ1) is 10.0. The van der Waals surface area contributed by atoms with E-state index in [1.807, 2.05) is 6.92 Å². The van der Waals surface area contributed by atoms with Crippen molar-refractivity contribution in [3.05, 3.63) is 24.3 Å². The summed E-state index contributed by atoms with van der Waals surface area (Å²) in [5.41, 5.74) is 0.519. The Balaban J connectivity index is 2.84. The molecule has 4 nitrogen and oxygen atoms in total. The van der Waals surface area contributed by atoms with E-state index in [0.717, 1.165) is 0 Å².